The molecule has 0 saturated carbocycles. The summed E-state index contributed by atoms with van der Waals surface area (Å²) in [6.45, 7) is 1.62. The molecule has 1 aromatic carbocycles. The van der Waals surface area contributed by atoms with Crippen LogP contribution in [-0.2, 0) is 20.7 Å². The fourth-order valence-electron chi connectivity index (χ4n) is 1.36. The molecular weight excluding hydrogens is 232 g/mol. The largest absolute Gasteiger partial charge is 0.504 e. The van der Waals surface area contributed by atoms with Gasteiger partial charge in [0.1, 0.15) is 0 Å². The summed E-state index contributed by atoms with van der Waals surface area (Å²) in [7, 11) is -3.47. The lowest BCUT2D eigenvalue weighted by molar-refractivity contribution is 0.231. The van der Waals surface area contributed by atoms with Gasteiger partial charge in [-0.1, -0.05) is 6.07 Å². The first-order valence-corrected chi connectivity index (χ1v) is 6.48. The first kappa shape index (κ1) is 12.8. The van der Waals surface area contributed by atoms with Gasteiger partial charge in [0.25, 0.3) is 10.1 Å². The quantitative estimate of drug-likeness (QED) is 0.611. The molecule has 0 saturated heterocycles. The van der Waals surface area contributed by atoms with Crippen LogP contribution in [-0.4, -0.2) is 31.0 Å². The van der Waals surface area contributed by atoms with Crippen LogP contribution in [0.3, 0.4) is 0 Å². The number of phenolic OH excluding ortho intramolecular Hbond substituents is 2. The normalized spacial score (nSPS) is 13.6. The molecule has 0 spiro atoms. The van der Waals surface area contributed by atoms with Crippen LogP contribution in [0, 0.1) is 0 Å². The molecule has 16 heavy (non-hydrogen) atoms. The van der Waals surface area contributed by atoms with E-state index in [2.05, 4.69) is 0 Å². The van der Waals surface area contributed by atoms with Crippen molar-refractivity contribution in [2.24, 2.45) is 0 Å². The molecule has 0 aromatic heterocycles. The molecule has 0 aliphatic rings. The van der Waals surface area contributed by atoms with Crippen molar-refractivity contribution in [3.8, 4) is 11.5 Å². The highest BCUT2D eigenvalue weighted by atomic mass is 32.2. The Kier molecular flexibility index (Phi) is 3.77. The smallest absolute Gasteiger partial charge is 0.264 e. The van der Waals surface area contributed by atoms with E-state index in [4.69, 9.17) is 9.29 Å². The van der Waals surface area contributed by atoms with E-state index in [9.17, 15) is 13.5 Å². The minimum atomic E-state index is -3.47. The summed E-state index contributed by atoms with van der Waals surface area (Å²) in [6.07, 6.45) is 0.803. The lowest BCUT2D eigenvalue weighted by Gasteiger charge is -2.11. The van der Waals surface area contributed by atoms with Gasteiger partial charge >= 0.3 is 0 Å². The third-order valence-corrected chi connectivity index (χ3v) is 2.58. The van der Waals surface area contributed by atoms with Gasteiger partial charge in [-0.05, 0) is 31.0 Å². The Balaban J connectivity index is 2.70. The van der Waals surface area contributed by atoms with Gasteiger partial charge in [0, 0.05) is 0 Å². The van der Waals surface area contributed by atoms with E-state index in [1.807, 2.05) is 0 Å². The molecule has 0 radical (unpaired) electrons. The van der Waals surface area contributed by atoms with Crippen molar-refractivity contribution in [1.82, 2.24) is 0 Å². The topological polar surface area (TPSA) is 83.8 Å². The van der Waals surface area contributed by atoms with E-state index < -0.39 is 16.2 Å². The van der Waals surface area contributed by atoms with Crippen molar-refractivity contribution in [1.29, 1.82) is 0 Å². The SMILES string of the molecule is C[C@@H](Cc1ccc(O)c(O)c1)OS(C)(=O)=O. The van der Waals surface area contributed by atoms with Gasteiger partial charge in [0.05, 0.1) is 12.4 Å². The highest BCUT2D eigenvalue weighted by Crippen LogP contribution is 2.25. The zero-order chi connectivity index (χ0) is 12.3. The summed E-state index contributed by atoms with van der Waals surface area (Å²) in [5, 5.41) is 18.3. The third-order valence-electron chi connectivity index (χ3n) is 1.90. The van der Waals surface area contributed by atoms with Gasteiger partial charge in [-0.15, -0.1) is 0 Å². The van der Waals surface area contributed by atoms with E-state index in [1.165, 1.54) is 12.1 Å². The van der Waals surface area contributed by atoms with Crippen molar-refractivity contribution >= 4 is 10.1 Å². The minimum Gasteiger partial charge on any atom is -0.504 e. The van der Waals surface area contributed by atoms with E-state index in [0.717, 1.165) is 6.26 Å². The highest BCUT2D eigenvalue weighted by Gasteiger charge is 2.11. The van der Waals surface area contributed by atoms with Crippen LogP contribution < -0.4 is 0 Å². The molecule has 0 amide bonds. The van der Waals surface area contributed by atoms with Crippen LogP contribution in [0.1, 0.15) is 12.5 Å². The van der Waals surface area contributed by atoms with Gasteiger partial charge in [-0.25, -0.2) is 0 Å². The molecule has 0 aliphatic carbocycles. The highest BCUT2D eigenvalue weighted by molar-refractivity contribution is 7.86. The molecule has 0 fully saturated rings. The molecule has 6 heteroatoms. The molecule has 1 rings (SSSR count). The van der Waals surface area contributed by atoms with Crippen LogP contribution in [0.2, 0.25) is 0 Å². The molecule has 0 heterocycles. The Hall–Kier alpha value is -1.27. The second-order valence-electron chi connectivity index (χ2n) is 3.64. The number of aromatic hydroxyl groups is 2. The summed E-state index contributed by atoms with van der Waals surface area (Å²) in [5.41, 5.74) is 0.687. The summed E-state index contributed by atoms with van der Waals surface area (Å²) in [6, 6.07) is 4.31. The Morgan fingerprint density at radius 3 is 2.44 bits per heavy atom. The summed E-state index contributed by atoms with van der Waals surface area (Å²) >= 11 is 0. The molecule has 90 valence electrons. The maximum atomic E-state index is 10.8. The standard InChI is InChI=1S/C10H14O5S/c1-7(15-16(2,13)14)5-8-3-4-9(11)10(12)6-8/h3-4,6-7,11-12H,5H2,1-2H3/t7-/m0/s1. The molecule has 0 bridgehead atoms. The number of rotatable bonds is 4. The van der Waals surface area contributed by atoms with Gasteiger partial charge in [0.15, 0.2) is 11.5 Å². The van der Waals surface area contributed by atoms with E-state index in [0.29, 0.717) is 12.0 Å². The predicted molar refractivity (Wildman–Crippen MR) is 58.9 cm³/mol. The fourth-order valence-corrected chi connectivity index (χ4v) is 2.03. The summed E-state index contributed by atoms with van der Waals surface area (Å²) in [5.74, 6) is -0.440. The molecule has 2 N–H and O–H groups in total. The van der Waals surface area contributed by atoms with Crippen LogP contribution >= 0.6 is 0 Å². The Bertz CT molecular complexity index is 466. The van der Waals surface area contributed by atoms with E-state index >= 15 is 0 Å². The Morgan fingerprint density at radius 1 is 1.31 bits per heavy atom. The number of hydrogen-bond acceptors (Lipinski definition) is 5. The number of phenols is 2. The Morgan fingerprint density at radius 2 is 1.94 bits per heavy atom. The monoisotopic (exact) mass is 246 g/mol. The Labute approximate surface area is 94.4 Å². The lowest BCUT2D eigenvalue weighted by Crippen LogP contribution is -2.16. The first-order chi connectivity index (χ1) is 7.28. The molecule has 0 aliphatic heterocycles. The molecule has 1 atom stereocenters. The zero-order valence-corrected chi connectivity index (χ0v) is 9.86. The lowest BCUT2D eigenvalue weighted by atomic mass is 10.1. The fraction of sp³-hybridized carbons (Fsp3) is 0.400. The summed E-state index contributed by atoms with van der Waals surface area (Å²) in [4.78, 5) is 0. The molecule has 0 unspecified atom stereocenters. The average Bonchev–Trinajstić information content (AvgIpc) is 2.08. The second kappa shape index (κ2) is 4.71. The van der Waals surface area contributed by atoms with Crippen molar-refractivity contribution < 1.29 is 22.8 Å². The van der Waals surface area contributed by atoms with E-state index in [1.54, 1.807) is 13.0 Å². The van der Waals surface area contributed by atoms with Crippen molar-refractivity contribution in [2.45, 2.75) is 19.4 Å². The van der Waals surface area contributed by atoms with Gasteiger partial charge < -0.3 is 10.2 Å². The average molecular weight is 246 g/mol. The van der Waals surface area contributed by atoms with Crippen molar-refractivity contribution in [3.05, 3.63) is 23.8 Å². The maximum absolute atomic E-state index is 10.8. The maximum Gasteiger partial charge on any atom is 0.264 e. The van der Waals surface area contributed by atoms with Crippen LogP contribution in [0.15, 0.2) is 18.2 Å². The molecular formula is C10H14O5S. The van der Waals surface area contributed by atoms with Crippen LogP contribution in [0.4, 0.5) is 0 Å². The second-order valence-corrected chi connectivity index (χ2v) is 5.24. The molecule has 1 aromatic rings. The number of benzene rings is 1. The zero-order valence-electron chi connectivity index (χ0n) is 9.04. The van der Waals surface area contributed by atoms with Gasteiger partial charge in [-0.3, -0.25) is 4.18 Å². The van der Waals surface area contributed by atoms with Crippen LogP contribution in [0.5, 0.6) is 11.5 Å². The van der Waals surface area contributed by atoms with E-state index in [-0.39, 0.29) is 11.5 Å². The summed E-state index contributed by atoms with van der Waals surface area (Å²) < 4.78 is 26.4. The predicted octanol–water partition coefficient (Wildman–Crippen LogP) is 1.00. The van der Waals surface area contributed by atoms with Gasteiger partial charge in [0.2, 0.25) is 0 Å². The van der Waals surface area contributed by atoms with Crippen molar-refractivity contribution in [2.75, 3.05) is 6.26 Å². The third kappa shape index (κ3) is 4.08. The van der Waals surface area contributed by atoms with Crippen molar-refractivity contribution in [3.63, 3.8) is 0 Å². The van der Waals surface area contributed by atoms with Crippen LogP contribution in [0.25, 0.3) is 0 Å². The minimum absolute atomic E-state index is 0.208. The molecule has 5 nitrogen and oxygen atoms in total. The number of hydrogen-bond donors (Lipinski definition) is 2. The van der Waals surface area contributed by atoms with Gasteiger partial charge in [-0.2, -0.15) is 8.42 Å². The first-order valence-electron chi connectivity index (χ1n) is 4.67.